The van der Waals surface area contributed by atoms with E-state index in [1.165, 1.54) is 12.0 Å². The predicted octanol–water partition coefficient (Wildman–Crippen LogP) is 5.43. The largest absolute Gasteiger partial charge is 0.412 e. The molecular formula is C29H54N2O4. The number of ether oxygens (including phenoxy) is 1. The third-order valence-corrected chi connectivity index (χ3v) is 6.74. The van der Waals surface area contributed by atoms with Gasteiger partial charge in [-0.2, -0.15) is 0 Å². The first kappa shape index (κ1) is 33.1. The molecule has 1 aromatic rings. The molecule has 0 spiro atoms. The molecule has 0 bridgehead atoms. The monoisotopic (exact) mass is 494 g/mol. The fraction of sp³-hybridized carbons (Fsp3) is 0.724. The van der Waals surface area contributed by atoms with Crippen molar-refractivity contribution in [2.45, 2.75) is 111 Å². The van der Waals surface area contributed by atoms with Crippen LogP contribution in [0.15, 0.2) is 30.3 Å². The molecule has 6 nitrogen and oxygen atoms in total. The van der Waals surface area contributed by atoms with Crippen molar-refractivity contribution in [1.29, 1.82) is 0 Å². The summed E-state index contributed by atoms with van der Waals surface area (Å²) in [6.45, 7) is 13.4. The van der Waals surface area contributed by atoms with Crippen LogP contribution >= 0.6 is 0 Å². The average molecular weight is 495 g/mol. The minimum absolute atomic E-state index is 0. The molecule has 2 amide bonds. The first-order chi connectivity index (χ1) is 16.3. The minimum atomic E-state index is -0.318. The number of nitrogens with zero attached hydrogens (tertiary/aromatic N) is 1. The topological polar surface area (TPSA) is 90.1 Å². The molecule has 1 saturated heterocycles. The van der Waals surface area contributed by atoms with Crippen LogP contribution < -0.4 is 5.32 Å². The van der Waals surface area contributed by atoms with E-state index in [4.69, 9.17) is 4.74 Å². The van der Waals surface area contributed by atoms with Crippen molar-refractivity contribution in [3.63, 3.8) is 0 Å². The zero-order chi connectivity index (χ0) is 25.5. The third-order valence-electron chi connectivity index (χ3n) is 6.74. The average Bonchev–Trinajstić information content (AvgIpc) is 3.30. The number of nitrogens with one attached hydrogen (secondary N) is 1. The van der Waals surface area contributed by atoms with Crippen LogP contribution in [0.1, 0.15) is 93.5 Å². The van der Waals surface area contributed by atoms with Crippen molar-refractivity contribution in [1.82, 2.24) is 10.2 Å². The lowest BCUT2D eigenvalue weighted by Crippen LogP contribution is -2.50. The van der Waals surface area contributed by atoms with Crippen molar-refractivity contribution in [3.8, 4) is 0 Å². The number of carbonyl (C=O) groups is 2. The summed E-state index contributed by atoms with van der Waals surface area (Å²) in [4.78, 5) is 27.8. The third kappa shape index (κ3) is 11.6. The number of amides is 2. The number of hydrogen-bond acceptors (Lipinski definition) is 3. The first-order valence-electron chi connectivity index (χ1n) is 13.4. The van der Waals surface area contributed by atoms with Crippen LogP contribution in [-0.2, 0) is 20.7 Å². The highest BCUT2D eigenvalue weighted by Gasteiger charge is 2.39. The van der Waals surface area contributed by atoms with Gasteiger partial charge >= 0.3 is 0 Å². The van der Waals surface area contributed by atoms with E-state index in [1.807, 2.05) is 36.9 Å². The van der Waals surface area contributed by atoms with Gasteiger partial charge in [0.25, 0.3) is 0 Å². The van der Waals surface area contributed by atoms with Gasteiger partial charge in [0.15, 0.2) is 0 Å². The highest BCUT2D eigenvalue weighted by Crippen LogP contribution is 2.27. The summed E-state index contributed by atoms with van der Waals surface area (Å²) in [6.07, 6.45) is 7.39. The Morgan fingerprint density at radius 2 is 1.77 bits per heavy atom. The van der Waals surface area contributed by atoms with E-state index in [1.54, 1.807) is 7.11 Å². The number of methoxy groups -OCH3 is 1. The van der Waals surface area contributed by atoms with Gasteiger partial charge in [-0.15, -0.1) is 0 Å². The Hall–Kier alpha value is -1.92. The van der Waals surface area contributed by atoms with E-state index in [-0.39, 0.29) is 42.8 Å². The van der Waals surface area contributed by atoms with E-state index in [9.17, 15) is 9.59 Å². The van der Waals surface area contributed by atoms with Crippen molar-refractivity contribution < 1.29 is 21.2 Å². The molecule has 1 aromatic carbocycles. The van der Waals surface area contributed by atoms with Crippen molar-refractivity contribution in [2.24, 2.45) is 11.8 Å². The molecule has 35 heavy (non-hydrogen) atoms. The van der Waals surface area contributed by atoms with E-state index < -0.39 is 0 Å². The van der Waals surface area contributed by atoms with E-state index in [0.717, 1.165) is 45.1 Å². The molecule has 204 valence electrons. The highest BCUT2D eigenvalue weighted by atomic mass is 16.5. The summed E-state index contributed by atoms with van der Waals surface area (Å²) in [6, 6.07) is 10.2. The summed E-state index contributed by atoms with van der Waals surface area (Å²) in [5.41, 5.74) is 1.20. The Labute approximate surface area is 216 Å². The van der Waals surface area contributed by atoms with Gasteiger partial charge < -0.3 is 20.4 Å². The lowest BCUT2D eigenvalue weighted by molar-refractivity contribution is -0.140. The molecule has 2 rings (SSSR count). The smallest absolute Gasteiger partial charge is 0.225 e. The fourth-order valence-corrected chi connectivity index (χ4v) is 4.63. The van der Waals surface area contributed by atoms with Crippen molar-refractivity contribution in [3.05, 3.63) is 35.9 Å². The van der Waals surface area contributed by atoms with Crippen molar-refractivity contribution in [2.75, 3.05) is 13.7 Å². The molecule has 3 N–H and O–H groups in total. The molecule has 0 aromatic heterocycles. The number of likely N-dealkylation sites (tertiary alicyclic amines) is 1. The van der Waals surface area contributed by atoms with Crippen LogP contribution in [0, 0.1) is 11.8 Å². The van der Waals surface area contributed by atoms with Crippen LogP contribution in [-0.4, -0.2) is 54.0 Å². The normalized spacial score (nSPS) is 18.4. The molecule has 6 heteroatoms. The second-order valence-electron chi connectivity index (χ2n) is 10.00. The Kier molecular flexibility index (Phi) is 17.4. The zero-order valence-electron chi connectivity index (χ0n) is 23.3. The molecule has 0 saturated carbocycles. The molecule has 1 unspecified atom stereocenters. The Morgan fingerprint density at radius 1 is 1.14 bits per heavy atom. The van der Waals surface area contributed by atoms with E-state index in [0.29, 0.717) is 12.3 Å². The maximum atomic E-state index is 13.0. The zero-order valence-corrected chi connectivity index (χ0v) is 23.3. The maximum absolute atomic E-state index is 13.0. The van der Waals surface area contributed by atoms with Gasteiger partial charge in [0.2, 0.25) is 11.8 Å². The summed E-state index contributed by atoms with van der Waals surface area (Å²) in [5, 5.41) is 3.14. The summed E-state index contributed by atoms with van der Waals surface area (Å²) >= 11 is 0. The van der Waals surface area contributed by atoms with E-state index in [2.05, 4.69) is 45.1 Å². The van der Waals surface area contributed by atoms with Crippen LogP contribution in [0.3, 0.4) is 0 Å². The Morgan fingerprint density at radius 3 is 2.34 bits per heavy atom. The van der Waals surface area contributed by atoms with Crippen LogP contribution in [0.5, 0.6) is 0 Å². The summed E-state index contributed by atoms with van der Waals surface area (Å²) in [7, 11) is 1.66. The Balaban J connectivity index is 0. The molecule has 0 radical (unpaired) electrons. The number of rotatable bonds is 12. The van der Waals surface area contributed by atoms with Gasteiger partial charge in [0.1, 0.15) is 0 Å². The SMILES string of the molecule is CCC.CC[C@@H](C)CCCC(=O)N1CCC[C@@H]1C(OC)[C@H](C)C(=O)N[C@@H](C)Cc1ccccc1.O.[HH]. The minimum Gasteiger partial charge on any atom is -0.412 e. The van der Waals surface area contributed by atoms with Gasteiger partial charge in [-0.25, -0.2) is 0 Å². The summed E-state index contributed by atoms with van der Waals surface area (Å²) in [5.74, 6) is 0.543. The maximum Gasteiger partial charge on any atom is 0.225 e. The summed E-state index contributed by atoms with van der Waals surface area (Å²) < 4.78 is 5.80. The van der Waals surface area contributed by atoms with Gasteiger partial charge in [-0.3, -0.25) is 9.59 Å². The molecule has 0 aliphatic carbocycles. The van der Waals surface area contributed by atoms with Crippen LogP contribution in [0.4, 0.5) is 0 Å². The second kappa shape index (κ2) is 18.4. The first-order valence-corrected chi connectivity index (χ1v) is 13.4. The molecular weight excluding hydrogens is 440 g/mol. The lowest BCUT2D eigenvalue weighted by Gasteiger charge is -2.34. The lowest BCUT2D eigenvalue weighted by atomic mass is 9.94. The van der Waals surface area contributed by atoms with E-state index >= 15 is 0 Å². The van der Waals surface area contributed by atoms with Gasteiger partial charge in [0.05, 0.1) is 18.1 Å². The highest BCUT2D eigenvalue weighted by molar-refractivity contribution is 5.80. The second-order valence-corrected chi connectivity index (χ2v) is 10.00. The molecule has 1 fully saturated rings. The van der Waals surface area contributed by atoms with Gasteiger partial charge in [0, 0.05) is 27.5 Å². The van der Waals surface area contributed by atoms with Gasteiger partial charge in [-0.1, -0.05) is 84.2 Å². The van der Waals surface area contributed by atoms with Crippen molar-refractivity contribution >= 4 is 11.8 Å². The van der Waals surface area contributed by atoms with Gasteiger partial charge in [-0.05, 0) is 44.1 Å². The standard InChI is InChI=1S/C26H42N2O3.C3H8.H2O.H2/c1-6-19(2)12-10-16-24(29)28-17-11-15-23(28)25(31-5)21(4)26(30)27-20(3)18-22-13-8-7-9-14-22;1-3-2;;/h7-9,13-14,19-21,23,25H,6,10-12,15-18H2,1-5H3,(H,27,30);3H2,1-2H3;1H2;1H/t19-,20+,21+,23-,25?;;;/m1.../s1. The Bertz CT molecular complexity index is 704. The number of benzene rings is 1. The quantitative estimate of drug-likeness (QED) is 0.420. The molecule has 1 aliphatic heterocycles. The molecule has 1 heterocycles. The molecule has 1 aliphatic rings. The molecule has 5 atom stereocenters. The number of carbonyl (C=O) groups excluding carboxylic acids is 2. The predicted molar refractivity (Wildman–Crippen MR) is 147 cm³/mol. The van der Waals surface area contributed by atoms with Crippen LogP contribution in [0.25, 0.3) is 0 Å². The fourth-order valence-electron chi connectivity index (χ4n) is 4.63. The van der Waals surface area contributed by atoms with Crippen LogP contribution in [0.2, 0.25) is 0 Å². The number of hydrogen-bond donors (Lipinski definition) is 1.